The van der Waals surface area contributed by atoms with Crippen LogP contribution in [0.25, 0.3) is 0 Å². The maximum absolute atomic E-state index is 12.7. The van der Waals surface area contributed by atoms with Gasteiger partial charge >= 0.3 is 5.97 Å². The number of hydrogen-bond donors (Lipinski definition) is 1. The van der Waals surface area contributed by atoms with Crippen LogP contribution in [0.2, 0.25) is 0 Å². The molecular formula is C21H34O3. The minimum absolute atomic E-state index is 0.0818. The Hall–Kier alpha value is -0.570. The number of hydrogen-bond acceptors (Lipinski definition) is 3. The quantitative estimate of drug-likeness (QED) is 0.732. The first-order valence-electron chi connectivity index (χ1n) is 10.2. The molecule has 3 aliphatic carbocycles. The van der Waals surface area contributed by atoms with Gasteiger partial charge in [-0.25, -0.2) is 0 Å². The molecule has 4 rings (SSSR count). The molecule has 3 saturated carbocycles. The Morgan fingerprint density at radius 1 is 1.04 bits per heavy atom. The van der Waals surface area contributed by atoms with E-state index < -0.39 is 0 Å². The van der Waals surface area contributed by atoms with Gasteiger partial charge in [-0.05, 0) is 80.0 Å². The second-order valence-corrected chi connectivity index (χ2v) is 9.78. The summed E-state index contributed by atoms with van der Waals surface area (Å²) in [5.41, 5.74) is 0.368. The molecule has 0 bridgehead atoms. The Bertz CT molecular complexity index is 515. The van der Waals surface area contributed by atoms with Crippen molar-refractivity contribution in [1.29, 1.82) is 0 Å². The highest BCUT2D eigenvalue weighted by molar-refractivity contribution is 5.74. The molecule has 4 aliphatic rings. The van der Waals surface area contributed by atoms with Gasteiger partial charge in [0.05, 0.1) is 18.6 Å². The van der Waals surface area contributed by atoms with Crippen LogP contribution in [0.4, 0.5) is 0 Å². The van der Waals surface area contributed by atoms with Crippen molar-refractivity contribution in [1.82, 2.24) is 0 Å². The molecule has 0 spiro atoms. The molecule has 24 heavy (non-hydrogen) atoms. The number of aliphatic hydroxyl groups is 1. The number of rotatable bonds is 1. The zero-order chi connectivity index (χ0) is 17.1. The third-order valence-corrected chi connectivity index (χ3v) is 8.90. The molecule has 1 heterocycles. The van der Waals surface area contributed by atoms with Crippen LogP contribution >= 0.6 is 0 Å². The number of carbonyl (C=O) groups excluding carboxylic acids is 1. The van der Waals surface area contributed by atoms with E-state index in [1.165, 1.54) is 38.5 Å². The zero-order valence-electron chi connectivity index (χ0n) is 15.6. The number of cyclic esters (lactones) is 1. The van der Waals surface area contributed by atoms with Gasteiger partial charge in [-0.2, -0.15) is 0 Å². The predicted octanol–water partition coefficient (Wildman–Crippen LogP) is 4.18. The van der Waals surface area contributed by atoms with Crippen LogP contribution in [0.15, 0.2) is 0 Å². The van der Waals surface area contributed by atoms with Gasteiger partial charge in [-0.3, -0.25) is 4.79 Å². The smallest absolute Gasteiger partial charge is 0.309 e. The molecule has 0 aromatic carbocycles. The molecule has 0 aromatic heterocycles. The molecular weight excluding hydrogens is 300 g/mol. The predicted molar refractivity (Wildman–Crippen MR) is 93.2 cm³/mol. The molecule has 4 fully saturated rings. The van der Waals surface area contributed by atoms with Crippen LogP contribution in [0.1, 0.15) is 72.1 Å². The molecule has 3 nitrogen and oxygen atoms in total. The van der Waals surface area contributed by atoms with Crippen molar-refractivity contribution in [3.05, 3.63) is 0 Å². The summed E-state index contributed by atoms with van der Waals surface area (Å²) in [5, 5.41) is 10.3. The minimum atomic E-state index is -0.220. The lowest BCUT2D eigenvalue weighted by molar-refractivity contribution is -0.153. The summed E-state index contributed by atoms with van der Waals surface area (Å²) in [6.45, 7) is 7.40. The number of aliphatic hydroxyl groups excluding tert-OH is 1. The molecule has 0 radical (unpaired) electrons. The summed E-state index contributed by atoms with van der Waals surface area (Å²) in [7, 11) is 0. The van der Waals surface area contributed by atoms with Crippen molar-refractivity contribution < 1.29 is 14.6 Å². The van der Waals surface area contributed by atoms with Crippen LogP contribution in [-0.4, -0.2) is 23.8 Å². The fourth-order valence-corrected chi connectivity index (χ4v) is 7.64. The first kappa shape index (κ1) is 16.9. The average Bonchev–Trinajstić information content (AvgIpc) is 2.84. The standard InChI is InChI=1S/C21H34O3/c1-13(22)15-7-8-16-14-12-24-19(23)18-6-4-5-10-20(18,2)17(14)9-11-21(15,16)3/h13-18,22H,4-12H2,1-3H3/t13?,14?,15?,16?,17?,18?,20-,21-/m1/s1. The lowest BCUT2D eigenvalue weighted by Crippen LogP contribution is -2.50. The summed E-state index contributed by atoms with van der Waals surface area (Å²) in [6.07, 6.45) is 9.20. The SMILES string of the molecule is CC(O)C1CCC2C3COC(=O)C4CCCC[C@]4(C)C3CC[C@]12C. The monoisotopic (exact) mass is 334 g/mol. The normalized spacial score (nSPS) is 52.5. The molecule has 1 saturated heterocycles. The highest BCUT2D eigenvalue weighted by Crippen LogP contribution is 2.65. The topological polar surface area (TPSA) is 46.5 Å². The van der Waals surface area contributed by atoms with E-state index in [9.17, 15) is 9.90 Å². The van der Waals surface area contributed by atoms with Gasteiger partial charge in [0, 0.05) is 0 Å². The third-order valence-electron chi connectivity index (χ3n) is 8.90. The summed E-state index contributed by atoms with van der Waals surface area (Å²) >= 11 is 0. The van der Waals surface area contributed by atoms with E-state index in [1.807, 2.05) is 6.92 Å². The molecule has 3 heteroatoms. The van der Waals surface area contributed by atoms with Crippen molar-refractivity contribution in [3.8, 4) is 0 Å². The van der Waals surface area contributed by atoms with Crippen LogP contribution < -0.4 is 0 Å². The van der Waals surface area contributed by atoms with E-state index in [-0.39, 0.29) is 28.8 Å². The van der Waals surface area contributed by atoms with Crippen molar-refractivity contribution in [2.24, 2.45) is 40.4 Å². The Morgan fingerprint density at radius 2 is 1.79 bits per heavy atom. The van der Waals surface area contributed by atoms with E-state index in [4.69, 9.17) is 4.74 Å². The Balaban J connectivity index is 1.68. The molecule has 6 unspecified atom stereocenters. The lowest BCUT2D eigenvalue weighted by Gasteiger charge is -2.54. The third kappa shape index (κ3) is 2.22. The summed E-state index contributed by atoms with van der Waals surface area (Å²) in [4.78, 5) is 12.7. The average molecular weight is 335 g/mol. The van der Waals surface area contributed by atoms with Gasteiger partial charge in [-0.15, -0.1) is 0 Å². The van der Waals surface area contributed by atoms with Crippen molar-refractivity contribution in [2.45, 2.75) is 78.2 Å². The zero-order valence-corrected chi connectivity index (χ0v) is 15.6. The van der Waals surface area contributed by atoms with Gasteiger partial charge < -0.3 is 9.84 Å². The largest absolute Gasteiger partial charge is 0.465 e. The molecule has 1 N–H and O–H groups in total. The first-order valence-corrected chi connectivity index (χ1v) is 10.2. The van der Waals surface area contributed by atoms with E-state index >= 15 is 0 Å². The van der Waals surface area contributed by atoms with E-state index in [0.717, 1.165) is 12.8 Å². The maximum Gasteiger partial charge on any atom is 0.309 e. The van der Waals surface area contributed by atoms with Gasteiger partial charge in [0.25, 0.3) is 0 Å². The lowest BCUT2D eigenvalue weighted by atomic mass is 9.49. The Labute approximate surface area is 146 Å². The summed E-state index contributed by atoms with van der Waals surface area (Å²) in [6, 6.07) is 0. The van der Waals surface area contributed by atoms with Crippen molar-refractivity contribution in [2.75, 3.05) is 6.61 Å². The second-order valence-electron chi connectivity index (χ2n) is 9.78. The van der Waals surface area contributed by atoms with Crippen LogP contribution in [-0.2, 0) is 9.53 Å². The number of ether oxygens (including phenoxy) is 1. The number of esters is 1. The van der Waals surface area contributed by atoms with E-state index in [2.05, 4.69) is 13.8 Å². The highest BCUT2D eigenvalue weighted by Gasteiger charge is 2.61. The Morgan fingerprint density at radius 3 is 2.54 bits per heavy atom. The molecule has 1 aliphatic heterocycles. The van der Waals surface area contributed by atoms with Crippen LogP contribution in [0, 0.1) is 40.4 Å². The fourth-order valence-electron chi connectivity index (χ4n) is 7.64. The highest BCUT2D eigenvalue weighted by atomic mass is 16.5. The minimum Gasteiger partial charge on any atom is -0.465 e. The maximum atomic E-state index is 12.7. The van der Waals surface area contributed by atoms with Crippen molar-refractivity contribution in [3.63, 3.8) is 0 Å². The molecule has 0 amide bonds. The van der Waals surface area contributed by atoms with Crippen molar-refractivity contribution >= 4 is 5.97 Å². The molecule has 8 atom stereocenters. The Kier molecular flexibility index (Phi) is 4.02. The van der Waals surface area contributed by atoms with E-state index in [1.54, 1.807) is 0 Å². The fraction of sp³-hybridized carbons (Fsp3) is 0.952. The van der Waals surface area contributed by atoms with Crippen LogP contribution in [0.5, 0.6) is 0 Å². The van der Waals surface area contributed by atoms with Gasteiger partial charge in [0.2, 0.25) is 0 Å². The van der Waals surface area contributed by atoms with E-state index in [0.29, 0.717) is 30.3 Å². The van der Waals surface area contributed by atoms with Gasteiger partial charge in [0.15, 0.2) is 0 Å². The first-order chi connectivity index (χ1) is 11.4. The summed E-state index contributed by atoms with van der Waals surface area (Å²) in [5.74, 6) is 2.36. The van der Waals surface area contributed by atoms with Gasteiger partial charge in [-0.1, -0.05) is 26.7 Å². The van der Waals surface area contributed by atoms with Gasteiger partial charge in [0.1, 0.15) is 0 Å². The molecule has 0 aromatic rings. The number of fused-ring (bicyclic) bond motifs is 5. The molecule has 136 valence electrons. The summed E-state index contributed by atoms with van der Waals surface area (Å²) < 4.78 is 5.85. The second kappa shape index (κ2) is 5.72. The van der Waals surface area contributed by atoms with Crippen LogP contribution in [0.3, 0.4) is 0 Å². The number of carbonyl (C=O) groups is 1.